The maximum absolute atomic E-state index is 2.50. The molecule has 0 heteroatoms. The van der Waals surface area contributed by atoms with Gasteiger partial charge in [0.15, 0.2) is 0 Å². The van der Waals surface area contributed by atoms with E-state index in [0.717, 1.165) is 12.8 Å². The summed E-state index contributed by atoms with van der Waals surface area (Å²) in [5, 5.41) is 10.9. The molecule has 0 aromatic heterocycles. The molecule has 4 aliphatic rings. The third-order valence-corrected chi connectivity index (χ3v) is 12.8. The first-order chi connectivity index (χ1) is 26.6. The molecule has 54 heavy (non-hydrogen) atoms. The van der Waals surface area contributed by atoms with Crippen LogP contribution in [0.1, 0.15) is 71.2 Å². The van der Waals surface area contributed by atoms with Gasteiger partial charge in [0.05, 0.1) is 0 Å². The van der Waals surface area contributed by atoms with E-state index in [1.165, 1.54) is 126 Å². The van der Waals surface area contributed by atoms with Gasteiger partial charge in [-0.2, -0.15) is 0 Å². The normalized spacial score (nSPS) is 15.2. The quantitative estimate of drug-likeness (QED) is 0.158. The number of benzene rings is 8. The zero-order valence-corrected chi connectivity index (χ0v) is 31.4. The van der Waals surface area contributed by atoms with Crippen LogP contribution in [0.25, 0.3) is 77.5 Å². The predicted octanol–water partition coefficient (Wildman–Crippen LogP) is 14.2. The molecule has 4 aliphatic carbocycles. The van der Waals surface area contributed by atoms with Gasteiger partial charge >= 0.3 is 0 Å². The van der Waals surface area contributed by atoms with Crippen LogP contribution in [0.15, 0.2) is 132 Å². The maximum atomic E-state index is 2.50. The molecule has 0 bridgehead atoms. The summed E-state index contributed by atoms with van der Waals surface area (Å²) in [4.78, 5) is 0. The van der Waals surface area contributed by atoms with Gasteiger partial charge in [-0.25, -0.2) is 0 Å². The zero-order valence-electron chi connectivity index (χ0n) is 31.4. The van der Waals surface area contributed by atoms with Crippen molar-refractivity contribution >= 4 is 55.2 Å². The van der Waals surface area contributed by atoms with Crippen molar-refractivity contribution in [3.8, 4) is 22.3 Å². The van der Waals surface area contributed by atoms with Crippen molar-refractivity contribution in [3.63, 3.8) is 0 Å². The van der Waals surface area contributed by atoms with Gasteiger partial charge in [-0.15, -0.1) is 0 Å². The van der Waals surface area contributed by atoms with Gasteiger partial charge in [-0.1, -0.05) is 132 Å². The third kappa shape index (κ3) is 4.96. The molecule has 0 nitrogen and oxygen atoms in total. The lowest BCUT2D eigenvalue weighted by Gasteiger charge is -2.19. The second kappa shape index (κ2) is 12.4. The van der Waals surface area contributed by atoms with E-state index >= 15 is 0 Å². The van der Waals surface area contributed by atoms with Crippen LogP contribution in [0.3, 0.4) is 0 Å². The topological polar surface area (TPSA) is 0 Å². The Labute approximate surface area is 318 Å². The fourth-order valence-corrected chi connectivity index (χ4v) is 10.6. The highest BCUT2D eigenvalue weighted by Crippen LogP contribution is 2.48. The average molecular weight is 693 g/mol. The van der Waals surface area contributed by atoms with Crippen LogP contribution in [0.2, 0.25) is 0 Å². The molecule has 260 valence electrons. The molecule has 0 spiro atoms. The Balaban J connectivity index is 0.000000126. The van der Waals surface area contributed by atoms with Crippen LogP contribution in [0.4, 0.5) is 0 Å². The molecule has 0 N–H and O–H groups in total. The highest BCUT2D eigenvalue weighted by Gasteiger charge is 2.28. The second-order valence-electron chi connectivity index (χ2n) is 16.3. The van der Waals surface area contributed by atoms with Crippen molar-refractivity contribution in [3.05, 3.63) is 177 Å². The van der Waals surface area contributed by atoms with Crippen LogP contribution in [-0.2, 0) is 38.5 Å². The van der Waals surface area contributed by atoms with E-state index in [0.29, 0.717) is 0 Å². The summed E-state index contributed by atoms with van der Waals surface area (Å²) in [5.41, 5.74) is 21.3. The molecule has 0 saturated carbocycles. The maximum Gasteiger partial charge on any atom is -0.00178 e. The van der Waals surface area contributed by atoms with Crippen LogP contribution >= 0.6 is 0 Å². The number of fused-ring (bicyclic) bond motifs is 8. The molecular weight excluding hydrogens is 649 g/mol. The zero-order chi connectivity index (χ0) is 35.9. The molecule has 12 rings (SSSR count). The van der Waals surface area contributed by atoms with Crippen molar-refractivity contribution in [1.29, 1.82) is 0 Å². The van der Waals surface area contributed by atoms with Crippen LogP contribution < -0.4 is 0 Å². The number of hydrogen-bond donors (Lipinski definition) is 0. The van der Waals surface area contributed by atoms with Crippen molar-refractivity contribution in [2.24, 2.45) is 0 Å². The van der Waals surface area contributed by atoms with Gasteiger partial charge in [0.1, 0.15) is 0 Å². The van der Waals surface area contributed by atoms with Gasteiger partial charge < -0.3 is 0 Å². The predicted molar refractivity (Wildman–Crippen MR) is 233 cm³/mol. The SMILES string of the molecule is CC1=Cc2c(cc3c(c2-c2c4ccccc4cc4ccccc24)CCC3)C1.CC1=Cc2cc3c(c(-c4c5ccccc5cc5ccccc45)c2C1)CCC3. The number of allylic oxidation sites excluding steroid dienone is 2. The molecular formula is C54H44. The molecule has 0 heterocycles. The minimum atomic E-state index is 1.09. The van der Waals surface area contributed by atoms with E-state index in [1.807, 2.05) is 0 Å². The van der Waals surface area contributed by atoms with E-state index in [-0.39, 0.29) is 0 Å². The molecule has 0 atom stereocenters. The fourth-order valence-electron chi connectivity index (χ4n) is 10.6. The van der Waals surface area contributed by atoms with Gasteiger partial charge in [-0.3, -0.25) is 0 Å². The number of hydrogen-bond acceptors (Lipinski definition) is 0. The minimum absolute atomic E-state index is 1.09. The first kappa shape index (κ1) is 31.8. The highest BCUT2D eigenvalue weighted by atomic mass is 14.3. The highest BCUT2D eigenvalue weighted by molar-refractivity contribution is 6.15. The van der Waals surface area contributed by atoms with E-state index in [4.69, 9.17) is 0 Å². The van der Waals surface area contributed by atoms with Gasteiger partial charge in [0.2, 0.25) is 0 Å². The van der Waals surface area contributed by atoms with E-state index in [1.54, 1.807) is 33.4 Å². The molecule has 0 unspecified atom stereocenters. The summed E-state index contributed by atoms with van der Waals surface area (Å²) in [5.74, 6) is 0. The Morgan fingerprint density at radius 3 is 1.39 bits per heavy atom. The van der Waals surface area contributed by atoms with E-state index < -0.39 is 0 Å². The van der Waals surface area contributed by atoms with Crippen molar-refractivity contribution < 1.29 is 0 Å². The summed E-state index contributed by atoms with van der Waals surface area (Å²) >= 11 is 0. The Morgan fingerprint density at radius 2 is 0.833 bits per heavy atom. The fraction of sp³-hybridized carbons (Fsp3) is 0.185. The monoisotopic (exact) mass is 692 g/mol. The Bertz CT molecular complexity index is 2840. The van der Waals surface area contributed by atoms with Crippen molar-refractivity contribution in [2.75, 3.05) is 0 Å². The molecule has 8 aromatic rings. The largest absolute Gasteiger partial charge is 0.0683 e. The van der Waals surface area contributed by atoms with Crippen LogP contribution in [-0.4, -0.2) is 0 Å². The lowest BCUT2D eigenvalue weighted by atomic mass is 9.84. The Kier molecular flexibility index (Phi) is 7.31. The van der Waals surface area contributed by atoms with Crippen molar-refractivity contribution in [1.82, 2.24) is 0 Å². The summed E-state index contributed by atoms with van der Waals surface area (Å²) < 4.78 is 0. The lowest BCUT2D eigenvalue weighted by Crippen LogP contribution is -1.99. The summed E-state index contributed by atoms with van der Waals surface area (Å²) in [6.07, 6.45) is 14.5. The van der Waals surface area contributed by atoms with Crippen LogP contribution in [0, 0.1) is 0 Å². The number of rotatable bonds is 2. The standard InChI is InChI=1S/2C27H22/c2*1-17-13-21-16-20-9-6-12-24(20)27(25(21)14-17)26-22-10-4-2-7-18(22)15-19-8-3-5-11-23(19)26/h2-5,7-8,10-11,14-16H,6,9,12-13H2,1H3;2-5,7-8,10-11,13,15-16H,6,9,12,14H2,1H3. The van der Waals surface area contributed by atoms with Gasteiger partial charge in [0.25, 0.3) is 0 Å². The minimum Gasteiger partial charge on any atom is -0.0683 e. The third-order valence-electron chi connectivity index (χ3n) is 12.8. The van der Waals surface area contributed by atoms with Crippen LogP contribution in [0.5, 0.6) is 0 Å². The first-order valence-corrected chi connectivity index (χ1v) is 20.1. The number of aryl methyl sites for hydroxylation is 2. The average Bonchev–Trinajstić information content (AvgIpc) is 4.01. The van der Waals surface area contributed by atoms with E-state index in [9.17, 15) is 0 Å². The lowest BCUT2D eigenvalue weighted by molar-refractivity contribution is 0.912. The second-order valence-corrected chi connectivity index (χ2v) is 16.3. The molecule has 0 radical (unpaired) electrons. The van der Waals surface area contributed by atoms with Crippen molar-refractivity contribution in [2.45, 2.75) is 65.2 Å². The molecule has 0 amide bonds. The Morgan fingerprint density at radius 1 is 0.370 bits per heavy atom. The van der Waals surface area contributed by atoms with Gasteiger partial charge in [-0.05, 0) is 187 Å². The molecule has 0 aliphatic heterocycles. The smallest absolute Gasteiger partial charge is 0.00178 e. The Hall–Kier alpha value is -5.72. The van der Waals surface area contributed by atoms with E-state index in [2.05, 4.69) is 147 Å². The summed E-state index contributed by atoms with van der Waals surface area (Å²) in [7, 11) is 0. The summed E-state index contributed by atoms with van der Waals surface area (Å²) in [6.45, 7) is 4.55. The summed E-state index contributed by atoms with van der Waals surface area (Å²) in [6, 6.07) is 45.3. The molecule has 0 saturated heterocycles. The van der Waals surface area contributed by atoms with Gasteiger partial charge in [0, 0.05) is 0 Å². The molecule has 0 fully saturated rings. The first-order valence-electron chi connectivity index (χ1n) is 20.1. The molecule has 8 aromatic carbocycles.